The second-order valence-electron chi connectivity index (χ2n) is 6.04. The molecule has 1 aromatic heterocycles. The van der Waals surface area contributed by atoms with Gasteiger partial charge in [0.1, 0.15) is 5.69 Å². The number of carbonyl (C=O) groups is 2. The van der Waals surface area contributed by atoms with Crippen molar-refractivity contribution >= 4 is 38.6 Å². The topological polar surface area (TPSA) is 59.5 Å². The molecule has 5 nitrogen and oxygen atoms in total. The Morgan fingerprint density at radius 3 is 2.62 bits per heavy atom. The average Bonchev–Trinajstić information content (AvgIpc) is 2.63. The van der Waals surface area contributed by atoms with E-state index in [1.807, 2.05) is 25.1 Å². The second kappa shape index (κ2) is 6.89. The third kappa shape index (κ3) is 3.02. The number of piperidine rings is 1. The number of methoxy groups -OCH3 is 1. The lowest BCUT2D eigenvalue weighted by Gasteiger charge is -2.30. The molecule has 0 unspecified atom stereocenters. The number of aryl methyl sites for hydroxylation is 1. The summed E-state index contributed by atoms with van der Waals surface area (Å²) in [6.45, 7) is 3.10. The van der Waals surface area contributed by atoms with Gasteiger partial charge in [-0.1, -0.05) is 22.0 Å². The van der Waals surface area contributed by atoms with Crippen LogP contribution < -0.4 is 0 Å². The number of likely N-dealkylation sites (tertiary alicyclic amines) is 1. The summed E-state index contributed by atoms with van der Waals surface area (Å²) in [5, 5.41) is 1.87. The van der Waals surface area contributed by atoms with Gasteiger partial charge in [-0.15, -0.1) is 0 Å². The molecule has 1 saturated heterocycles. The molecular weight excluding hydrogens is 372 g/mol. The number of hydrogen-bond donors (Lipinski definition) is 0. The third-order valence-corrected chi connectivity index (χ3v) is 5.27. The molecule has 6 heteroatoms. The highest BCUT2D eigenvalue weighted by atomic mass is 79.9. The van der Waals surface area contributed by atoms with Crippen LogP contribution in [-0.2, 0) is 9.53 Å². The fourth-order valence-electron chi connectivity index (χ4n) is 3.20. The number of amides is 1. The summed E-state index contributed by atoms with van der Waals surface area (Å²) in [7, 11) is 1.40. The summed E-state index contributed by atoms with van der Waals surface area (Å²) in [5.74, 6) is -0.396. The van der Waals surface area contributed by atoms with Crippen molar-refractivity contribution in [2.45, 2.75) is 19.8 Å². The fraction of sp³-hybridized carbons (Fsp3) is 0.389. The molecule has 3 rings (SSSR count). The van der Waals surface area contributed by atoms with E-state index in [1.54, 1.807) is 11.1 Å². The first-order valence-electron chi connectivity index (χ1n) is 7.94. The minimum Gasteiger partial charge on any atom is -0.469 e. The Labute approximate surface area is 149 Å². The van der Waals surface area contributed by atoms with E-state index in [1.165, 1.54) is 7.11 Å². The first-order chi connectivity index (χ1) is 11.5. The zero-order chi connectivity index (χ0) is 17.3. The van der Waals surface area contributed by atoms with Gasteiger partial charge in [-0.3, -0.25) is 14.6 Å². The van der Waals surface area contributed by atoms with Gasteiger partial charge < -0.3 is 9.64 Å². The molecule has 1 fully saturated rings. The molecular formula is C18H19BrN2O3. The quantitative estimate of drug-likeness (QED) is 0.737. The molecule has 1 aliphatic rings. The van der Waals surface area contributed by atoms with Gasteiger partial charge in [0.25, 0.3) is 5.91 Å². The number of esters is 1. The van der Waals surface area contributed by atoms with Crippen molar-refractivity contribution in [2.75, 3.05) is 20.2 Å². The molecule has 1 aliphatic heterocycles. The number of nitrogens with zero attached hydrogens (tertiary/aromatic N) is 2. The Bertz CT molecular complexity index is 798. The van der Waals surface area contributed by atoms with Crippen molar-refractivity contribution in [1.29, 1.82) is 0 Å². The first kappa shape index (κ1) is 16.9. The maximum absolute atomic E-state index is 12.9. The number of ether oxygens (including phenoxy) is 1. The van der Waals surface area contributed by atoms with Gasteiger partial charge in [0.15, 0.2) is 0 Å². The van der Waals surface area contributed by atoms with Crippen molar-refractivity contribution in [3.05, 3.63) is 40.1 Å². The summed E-state index contributed by atoms with van der Waals surface area (Å²) in [6, 6.07) is 5.89. The van der Waals surface area contributed by atoms with E-state index >= 15 is 0 Å². The van der Waals surface area contributed by atoms with Crippen LogP contribution in [0.4, 0.5) is 0 Å². The van der Waals surface area contributed by atoms with Crippen molar-refractivity contribution < 1.29 is 14.3 Å². The van der Waals surface area contributed by atoms with Crippen LogP contribution in [0.5, 0.6) is 0 Å². The monoisotopic (exact) mass is 390 g/mol. The van der Waals surface area contributed by atoms with E-state index in [0.29, 0.717) is 31.6 Å². The van der Waals surface area contributed by atoms with E-state index in [9.17, 15) is 9.59 Å². The summed E-state index contributed by atoms with van der Waals surface area (Å²) >= 11 is 3.54. The van der Waals surface area contributed by atoms with Crippen LogP contribution in [0.25, 0.3) is 10.8 Å². The third-order valence-electron chi connectivity index (χ3n) is 4.61. The number of halogens is 1. The molecule has 1 aromatic carbocycles. The molecule has 126 valence electrons. The normalized spacial score (nSPS) is 15.5. The Morgan fingerprint density at radius 1 is 1.25 bits per heavy atom. The first-order valence-corrected chi connectivity index (χ1v) is 8.73. The van der Waals surface area contributed by atoms with Crippen LogP contribution in [0.15, 0.2) is 28.9 Å². The van der Waals surface area contributed by atoms with Gasteiger partial charge in [0.2, 0.25) is 0 Å². The molecule has 0 atom stereocenters. The SMILES string of the molecule is COC(=O)C1CCN(C(=O)c2nccc3c(C)ccc(Br)c23)CC1. The number of rotatable bonds is 2. The zero-order valence-corrected chi connectivity index (χ0v) is 15.3. The number of fused-ring (bicyclic) bond motifs is 1. The highest BCUT2D eigenvalue weighted by Gasteiger charge is 2.29. The van der Waals surface area contributed by atoms with Crippen LogP contribution in [0.1, 0.15) is 28.9 Å². The Hall–Kier alpha value is -1.95. The van der Waals surface area contributed by atoms with Crippen LogP contribution in [0, 0.1) is 12.8 Å². The molecule has 0 bridgehead atoms. The molecule has 2 heterocycles. The molecule has 0 radical (unpaired) electrons. The van der Waals surface area contributed by atoms with Crippen molar-refractivity contribution in [3.63, 3.8) is 0 Å². The van der Waals surface area contributed by atoms with E-state index < -0.39 is 0 Å². The minimum absolute atomic E-state index is 0.0878. The molecule has 2 aromatic rings. The maximum atomic E-state index is 12.9. The van der Waals surface area contributed by atoms with Crippen LogP contribution in [-0.4, -0.2) is 42.0 Å². The zero-order valence-electron chi connectivity index (χ0n) is 13.7. The molecule has 0 spiro atoms. The van der Waals surface area contributed by atoms with Crippen LogP contribution in [0.3, 0.4) is 0 Å². The molecule has 24 heavy (non-hydrogen) atoms. The smallest absolute Gasteiger partial charge is 0.308 e. The Balaban J connectivity index is 1.88. The standard InChI is InChI=1S/C18H19BrN2O3/c1-11-3-4-14(19)15-13(11)5-8-20-16(15)17(22)21-9-6-12(7-10-21)18(23)24-2/h3-5,8,12H,6-7,9-10H2,1-2H3. The van der Waals surface area contributed by atoms with Gasteiger partial charge in [-0.05, 0) is 42.8 Å². The van der Waals surface area contributed by atoms with E-state index in [-0.39, 0.29) is 17.8 Å². The number of benzene rings is 1. The summed E-state index contributed by atoms with van der Waals surface area (Å²) in [4.78, 5) is 30.7. The van der Waals surface area contributed by atoms with Crippen LogP contribution in [0.2, 0.25) is 0 Å². The number of carbonyl (C=O) groups excluding carboxylic acids is 2. The molecule has 0 aliphatic carbocycles. The summed E-state index contributed by atoms with van der Waals surface area (Å²) < 4.78 is 5.66. The van der Waals surface area contributed by atoms with Gasteiger partial charge in [-0.25, -0.2) is 0 Å². The van der Waals surface area contributed by atoms with Crippen molar-refractivity contribution in [2.24, 2.45) is 5.92 Å². The van der Waals surface area contributed by atoms with E-state index in [0.717, 1.165) is 20.8 Å². The van der Waals surface area contributed by atoms with Crippen molar-refractivity contribution in [1.82, 2.24) is 9.88 Å². The predicted molar refractivity (Wildman–Crippen MR) is 94.8 cm³/mol. The minimum atomic E-state index is -0.191. The molecule has 0 N–H and O–H groups in total. The molecule has 1 amide bonds. The van der Waals surface area contributed by atoms with E-state index in [4.69, 9.17) is 4.74 Å². The maximum Gasteiger partial charge on any atom is 0.308 e. The largest absolute Gasteiger partial charge is 0.469 e. The van der Waals surface area contributed by atoms with Crippen LogP contribution >= 0.6 is 15.9 Å². The summed E-state index contributed by atoms with van der Waals surface area (Å²) in [5.41, 5.74) is 1.56. The predicted octanol–water partition coefficient (Wildman–Crippen LogP) is 3.33. The van der Waals surface area contributed by atoms with Gasteiger partial charge in [-0.2, -0.15) is 0 Å². The lowest BCUT2D eigenvalue weighted by atomic mass is 9.96. The lowest BCUT2D eigenvalue weighted by molar-refractivity contribution is -0.146. The molecule has 0 saturated carbocycles. The number of pyridine rings is 1. The lowest BCUT2D eigenvalue weighted by Crippen LogP contribution is -2.40. The van der Waals surface area contributed by atoms with Crippen molar-refractivity contribution in [3.8, 4) is 0 Å². The fourth-order valence-corrected chi connectivity index (χ4v) is 3.73. The Kier molecular flexibility index (Phi) is 4.85. The second-order valence-corrected chi connectivity index (χ2v) is 6.89. The highest BCUT2D eigenvalue weighted by Crippen LogP contribution is 2.30. The van der Waals surface area contributed by atoms with Gasteiger partial charge in [0, 0.05) is 29.1 Å². The van der Waals surface area contributed by atoms with Gasteiger partial charge >= 0.3 is 5.97 Å². The highest BCUT2D eigenvalue weighted by molar-refractivity contribution is 9.10. The average molecular weight is 391 g/mol. The summed E-state index contributed by atoms with van der Waals surface area (Å²) in [6.07, 6.45) is 2.93. The number of hydrogen-bond acceptors (Lipinski definition) is 4. The Morgan fingerprint density at radius 2 is 1.96 bits per heavy atom. The van der Waals surface area contributed by atoms with Gasteiger partial charge in [0.05, 0.1) is 13.0 Å². The van der Waals surface area contributed by atoms with E-state index in [2.05, 4.69) is 20.9 Å². The number of aromatic nitrogens is 1.